The summed E-state index contributed by atoms with van der Waals surface area (Å²) in [5, 5.41) is 3.54. The minimum atomic E-state index is 0.649. The second-order valence-electron chi connectivity index (χ2n) is 7.34. The summed E-state index contributed by atoms with van der Waals surface area (Å²) in [7, 11) is 5.04. The van der Waals surface area contributed by atoms with E-state index in [4.69, 9.17) is 24.2 Å². The Kier molecular flexibility index (Phi) is 7.20. The van der Waals surface area contributed by atoms with Gasteiger partial charge in [-0.15, -0.1) is 0 Å². The first-order valence-electron chi connectivity index (χ1n) is 10.4. The van der Waals surface area contributed by atoms with Crippen LogP contribution in [0.1, 0.15) is 24.7 Å². The predicted octanol–water partition coefficient (Wildman–Crippen LogP) is 3.54. The molecule has 0 saturated heterocycles. The van der Waals surface area contributed by atoms with Crippen LogP contribution in [0.4, 0.5) is 23.0 Å². The molecule has 0 saturated carbocycles. The van der Waals surface area contributed by atoms with E-state index in [0.29, 0.717) is 12.4 Å². The van der Waals surface area contributed by atoms with Crippen LogP contribution in [0.2, 0.25) is 0 Å². The third kappa shape index (κ3) is 4.38. The van der Waals surface area contributed by atoms with Gasteiger partial charge in [-0.3, -0.25) is 0 Å². The van der Waals surface area contributed by atoms with Gasteiger partial charge < -0.3 is 29.3 Å². The summed E-state index contributed by atoms with van der Waals surface area (Å²) in [6.45, 7) is 10.1. The summed E-state index contributed by atoms with van der Waals surface area (Å²) in [5.41, 5.74) is 3.12. The number of aromatic nitrogens is 2. The Bertz CT molecular complexity index is 874. The van der Waals surface area contributed by atoms with Crippen molar-refractivity contribution in [3.8, 4) is 11.5 Å². The van der Waals surface area contributed by atoms with Crippen LogP contribution in [0.15, 0.2) is 12.1 Å². The lowest BCUT2D eigenvalue weighted by Crippen LogP contribution is -2.35. The number of anilines is 4. The number of nitrogens with zero attached hydrogens (tertiary/aromatic N) is 4. The second kappa shape index (κ2) is 9.84. The van der Waals surface area contributed by atoms with Crippen LogP contribution in [0, 0.1) is 13.8 Å². The average Bonchev–Trinajstić information content (AvgIpc) is 2.75. The monoisotopic (exact) mass is 415 g/mol. The highest BCUT2D eigenvalue weighted by Gasteiger charge is 2.27. The van der Waals surface area contributed by atoms with Crippen molar-refractivity contribution in [1.82, 2.24) is 9.97 Å². The number of hydrogen-bond acceptors (Lipinski definition) is 8. The van der Waals surface area contributed by atoms with Crippen molar-refractivity contribution in [2.75, 3.05) is 69.2 Å². The quantitative estimate of drug-likeness (QED) is 0.667. The van der Waals surface area contributed by atoms with Crippen LogP contribution < -0.4 is 24.6 Å². The third-order valence-corrected chi connectivity index (χ3v) is 5.23. The van der Waals surface area contributed by atoms with Gasteiger partial charge in [0, 0.05) is 45.0 Å². The molecule has 30 heavy (non-hydrogen) atoms. The Morgan fingerprint density at radius 2 is 1.80 bits per heavy atom. The molecule has 2 heterocycles. The van der Waals surface area contributed by atoms with E-state index >= 15 is 0 Å². The van der Waals surface area contributed by atoms with Crippen LogP contribution in [0.25, 0.3) is 0 Å². The van der Waals surface area contributed by atoms with Gasteiger partial charge in [0.2, 0.25) is 0 Å². The van der Waals surface area contributed by atoms with Crippen LogP contribution in [-0.4, -0.2) is 64.1 Å². The summed E-state index contributed by atoms with van der Waals surface area (Å²) < 4.78 is 16.3. The fourth-order valence-electron chi connectivity index (χ4n) is 3.81. The lowest BCUT2D eigenvalue weighted by Gasteiger charge is -2.35. The predicted molar refractivity (Wildman–Crippen MR) is 121 cm³/mol. The number of methoxy groups -OCH3 is 3. The fraction of sp³-hybridized carbons (Fsp3) is 0.545. The molecule has 0 spiro atoms. The first-order valence-corrected chi connectivity index (χ1v) is 10.4. The maximum absolute atomic E-state index is 5.55. The molecular weight excluding hydrogens is 382 g/mol. The smallest absolute Gasteiger partial charge is 0.162 e. The molecule has 1 aliphatic heterocycles. The molecule has 0 amide bonds. The molecule has 3 rings (SSSR count). The summed E-state index contributed by atoms with van der Waals surface area (Å²) in [5.74, 6) is 3.99. The summed E-state index contributed by atoms with van der Waals surface area (Å²) >= 11 is 0. The zero-order valence-corrected chi connectivity index (χ0v) is 18.9. The number of aryl methyl sites for hydroxylation is 2. The average molecular weight is 416 g/mol. The molecule has 0 atom stereocenters. The molecule has 8 nitrogen and oxygen atoms in total. The molecule has 1 aromatic carbocycles. The molecule has 2 aromatic rings. The van der Waals surface area contributed by atoms with Crippen molar-refractivity contribution < 1.29 is 14.2 Å². The zero-order chi connectivity index (χ0) is 21.7. The van der Waals surface area contributed by atoms with Crippen molar-refractivity contribution in [2.24, 2.45) is 0 Å². The van der Waals surface area contributed by atoms with E-state index in [9.17, 15) is 0 Å². The Labute approximate surface area is 179 Å². The van der Waals surface area contributed by atoms with Crippen LogP contribution in [0.3, 0.4) is 0 Å². The Morgan fingerprint density at radius 1 is 1.07 bits per heavy atom. The van der Waals surface area contributed by atoms with E-state index in [-0.39, 0.29) is 0 Å². The lowest BCUT2D eigenvalue weighted by atomic mass is 10.1. The van der Waals surface area contributed by atoms with Crippen molar-refractivity contribution in [1.29, 1.82) is 0 Å². The van der Waals surface area contributed by atoms with Crippen LogP contribution in [-0.2, 0) is 4.74 Å². The fourth-order valence-corrected chi connectivity index (χ4v) is 3.81. The Morgan fingerprint density at radius 3 is 2.47 bits per heavy atom. The van der Waals surface area contributed by atoms with E-state index in [1.165, 1.54) is 0 Å². The van der Waals surface area contributed by atoms with E-state index in [1.54, 1.807) is 21.3 Å². The normalized spacial score (nSPS) is 12.9. The maximum Gasteiger partial charge on any atom is 0.162 e. The summed E-state index contributed by atoms with van der Waals surface area (Å²) in [6.07, 6.45) is 1.03. The largest absolute Gasteiger partial charge is 0.493 e. The van der Waals surface area contributed by atoms with E-state index in [2.05, 4.69) is 29.0 Å². The van der Waals surface area contributed by atoms with Gasteiger partial charge in [-0.25, -0.2) is 9.97 Å². The number of ether oxygens (including phenoxy) is 3. The highest BCUT2D eigenvalue weighted by atomic mass is 16.5. The van der Waals surface area contributed by atoms with E-state index in [1.807, 2.05) is 19.1 Å². The van der Waals surface area contributed by atoms with Gasteiger partial charge in [0.25, 0.3) is 0 Å². The topological polar surface area (TPSA) is 72.0 Å². The van der Waals surface area contributed by atoms with Gasteiger partial charge in [0.05, 0.1) is 20.8 Å². The van der Waals surface area contributed by atoms with Crippen LogP contribution in [0.5, 0.6) is 11.5 Å². The summed E-state index contributed by atoms with van der Waals surface area (Å²) in [6, 6.07) is 4.03. The first kappa shape index (κ1) is 22.0. The second-order valence-corrected chi connectivity index (χ2v) is 7.34. The molecule has 1 aromatic heterocycles. The van der Waals surface area contributed by atoms with Crippen molar-refractivity contribution in [2.45, 2.75) is 27.2 Å². The van der Waals surface area contributed by atoms with Crippen LogP contribution >= 0.6 is 0 Å². The van der Waals surface area contributed by atoms with E-state index < -0.39 is 0 Å². The molecule has 164 valence electrons. The third-order valence-electron chi connectivity index (χ3n) is 5.23. The van der Waals surface area contributed by atoms with Gasteiger partial charge in [-0.2, -0.15) is 0 Å². The number of benzene rings is 1. The first-order chi connectivity index (χ1) is 14.5. The Hall–Kier alpha value is -2.74. The molecule has 8 heteroatoms. The van der Waals surface area contributed by atoms with Crippen molar-refractivity contribution in [3.05, 3.63) is 23.5 Å². The zero-order valence-electron chi connectivity index (χ0n) is 18.9. The number of nitrogens with one attached hydrogen (secondary N) is 1. The van der Waals surface area contributed by atoms with Crippen molar-refractivity contribution in [3.63, 3.8) is 0 Å². The van der Waals surface area contributed by atoms with E-state index in [0.717, 1.165) is 72.7 Å². The molecule has 0 aliphatic carbocycles. The lowest BCUT2D eigenvalue weighted by molar-refractivity contribution is 0.205. The van der Waals surface area contributed by atoms with Gasteiger partial charge in [0.1, 0.15) is 11.5 Å². The maximum atomic E-state index is 5.55. The van der Waals surface area contributed by atoms with Gasteiger partial charge in [0.15, 0.2) is 23.1 Å². The van der Waals surface area contributed by atoms with Gasteiger partial charge >= 0.3 is 0 Å². The highest BCUT2D eigenvalue weighted by Crippen LogP contribution is 2.42. The molecule has 0 bridgehead atoms. The SMILES string of the molecule is CCCN(CCOC)c1nc(C)nc2c1NCCN2c1cc(OC)c(OC)cc1C. The van der Waals surface area contributed by atoms with Gasteiger partial charge in [-0.05, 0) is 31.9 Å². The minimum Gasteiger partial charge on any atom is -0.493 e. The molecule has 0 unspecified atom stereocenters. The standard InChI is InChI=1S/C22H33N5O3/c1-7-9-26(11-12-28-4)21-20-22(25-16(3)24-21)27(10-8-23-20)17-14-19(30-6)18(29-5)13-15(17)2/h13-14,23H,7-12H2,1-6H3. The Balaban J connectivity index is 2.09. The number of fused-ring (bicyclic) bond motifs is 1. The molecular formula is C22H33N5O3. The van der Waals surface area contributed by atoms with Crippen molar-refractivity contribution >= 4 is 23.0 Å². The minimum absolute atomic E-state index is 0.649. The number of hydrogen-bond donors (Lipinski definition) is 1. The number of rotatable bonds is 9. The molecule has 1 N–H and O–H groups in total. The molecule has 0 radical (unpaired) electrons. The summed E-state index contributed by atoms with van der Waals surface area (Å²) in [4.78, 5) is 14.1. The highest BCUT2D eigenvalue weighted by molar-refractivity contribution is 5.85. The molecule has 0 fully saturated rings. The molecule has 1 aliphatic rings. The van der Waals surface area contributed by atoms with Gasteiger partial charge in [-0.1, -0.05) is 6.92 Å².